The predicted octanol–water partition coefficient (Wildman–Crippen LogP) is -2.46. The van der Waals surface area contributed by atoms with Gasteiger partial charge < -0.3 is 78.8 Å². The van der Waals surface area contributed by atoms with Gasteiger partial charge in [-0.25, -0.2) is 0 Å². The number of hydrogen-bond donors (Lipinski definition) is 9. The second-order valence-corrected chi connectivity index (χ2v) is 10.6. The van der Waals surface area contributed by atoms with Crippen LogP contribution in [0.5, 0.6) is 28.7 Å². The normalized spacial score (nSPS) is 31.4. The molecule has 3 heterocycles. The van der Waals surface area contributed by atoms with E-state index in [1.165, 1.54) is 32.4 Å². The minimum atomic E-state index is -1.86. The van der Waals surface area contributed by atoms with E-state index < -0.39 is 80.1 Å². The van der Waals surface area contributed by atoms with Crippen molar-refractivity contribution in [3.63, 3.8) is 0 Å². The highest BCUT2D eigenvalue weighted by Crippen LogP contribution is 2.41. The molecule has 10 atom stereocenters. The molecule has 5 rings (SSSR count). The maximum absolute atomic E-state index is 13.6. The number of fused-ring (bicyclic) bond motifs is 1. The molecule has 0 unspecified atom stereocenters. The van der Waals surface area contributed by atoms with Crippen molar-refractivity contribution in [2.75, 3.05) is 27.4 Å². The maximum Gasteiger partial charge on any atom is 0.229 e. The van der Waals surface area contributed by atoms with E-state index >= 15 is 0 Å². The lowest BCUT2D eigenvalue weighted by atomic mass is 9.99. The minimum absolute atomic E-state index is 0.00318. The molecular formula is C29H34O17. The fraction of sp³-hybridized carbons (Fsp3) is 0.483. The number of aromatic hydroxyl groups is 1. The molecule has 2 aliphatic heterocycles. The van der Waals surface area contributed by atoms with E-state index in [2.05, 4.69) is 0 Å². The first-order valence-corrected chi connectivity index (χ1v) is 13.9. The molecule has 46 heavy (non-hydrogen) atoms. The van der Waals surface area contributed by atoms with Crippen LogP contribution in [-0.4, -0.2) is 135 Å². The van der Waals surface area contributed by atoms with E-state index in [0.717, 1.165) is 12.1 Å². The number of phenolic OH excluding ortho intramolecular Hbond substituents is 1. The number of phenols is 1. The summed E-state index contributed by atoms with van der Waals surface area (Å²) in [7, 11) is 2.61. The molecule has 1 aromatic heterocycles. The summed E-state index contributed by atoms with van der Waals surface area (Å²) < 4.78 is 38.8. The highest BCUT2D eigenvalue weighted by Gasteiger charge is 2.46. The van der Waals surface area contributed by atoms with Crippen LogP contribution in [0.3, 0.4) is 0 Å². The van der Waals surface area contributed by atoms with E-state index in [0.29, 0.717) is 0 Å². The maximum atomic E-state index is 13.6. The number of methoxy groups -OCH3 is 2. The van der Waals surface area contributed by atoms with Crippen molar-refractivity contribution in [3.8, 4) is 40.1 Å². The van der Waals surface area contributed by atoms with Crippen molar-refractivity contribution in [2.24, 2.45) is 0 Å². The Labute approximate surface area is 259 Å². The summed E-state index contributed by atoms with van der Waals surface area (Å²) in [6.07, 6.45) is -16.6. The number of hydrogen-bond acceptors (Lipinski definition) is 17. The Morgan fingerprint density at radius 3 is 1.70 bits per heavy atom. The average Bonchev–Trinajstić information content (AvgIpc) is 3.04. The van der Waals surface area contributed by atoms with Gasteiger partial charge >= 0.3 is 0 Å². The predicted molar refractivity (Wildman–Crippen MR) is 151 cm³/mol. The number of ether oxygens (including phenoxy) is 6. The van der Waals surface area contributed by atoms with Gasteiger partial charge in [0.15, 0.2) is 16.9 Å². The molecular weight excluding hydrogens is 620 g/mol. The summed E-state index contributed by atoms with van der Waals surface area (Å²) in [5.74, 6) is -0.896. The summed E-state index contributed by atoms with van der Waals surface area (Å²) in [5.41, 5.74) is -0.654. The number of benzene rings is 2. The van der Waals surface area contributed by atoms with Crippen LogP contribution in [0.1, 0.15) is 0 Å². The molecule has 0 spiro atoms. The van der Waals surface area contributed by atoms with Crippen molar-refractivity contribution in [2.45, 2.75) is 61.4 Å². The molecule has 0 aliphatic carbocycles. The summed E-state index contributed by atoms with van der Waals surface area (Å²) >= 11 is 0. The van der Waals surface area contributed by atoms with Crippen LogP contribution in [-0.2, 0) is 9.47 Å². The van der Waals surface area contributed by atoms with Crippen LogP contribution >= 0.6 is 0 Å². The third-order valence-electron chi connectivity index (χ3n) is 7.72. The Bertz CT molecular complexity index is 1560. The van der Waals surface area contributed by atoms with E-state index in [-0.39, 0.29) is 51.0 Å². The smallest absolute Gasteiger partial charge is 0.229 e. The molecule has 252 valence electrons. The van der Waals surface area contributed by atoms with Gasteiger partial charge in [0.05, 0.1) is 27.4 Å². The monoisotopic (exact) mass is 654 g/mol. The Hall–Kier alpha value is -3.75. The second kappa shape index (κ2) is 13.5. The summed E-state index contributed by atoms with van der Waals surface area (Å²) in [6.45, 7) is -1.48. The third-order valence-corrected chi connectivity index (χ3v) is 7.72. The van der Waals surface area contributed by atoms with Gasteiger partial charge in [-0.05, 0) is 12.1 Å². The second-order valence-electron chi connectivity index (χ2n) is 10.6. The molecule has 17 nitrogen and oxygen atoms in total. The Balaban J connectivity index is 1.62. The molecule has 2 saturated heterocycles. The van der Waals surface area contributed by atoms with Gasteiger partial charge in [-0.1, -0.05) is 0 Å². The third kappa shape index (κ3) is 6.17. The first kappa shape index (κ1) is 33.6. The lowest BCUT2D eigenvalue weighted by molar-refractivity contribution is -0.278. The molecule has 2 fully saturated rings. The molecule has 0 saturated carbocycles. The van der Waals surface area contributed by atoms with Gasteiger partial charge in [0.2, 0.25) is 18.3 Å². The molecule has 0 radical (unpaired) electrons. The van der Waals surface area contributed by atoms with E-state index in [9.17, 15) is 50.8 Å². The van der Waals surface area contributed by atoms with Gasteiger partial charge in [-0.2, -0.15) is 0 Å². The summed E-state index contributed by atoms with van der Waals surface area (Å²) in [6, 6.07) is 6.17. The first-order chi connectivity index (χ1) is 21.9. The van der Waals surface area contributed by atoms with Crippen LogP contribution < -0.4 is 24.4 Å². The zero-order chi connectivity index (χ0) is 33.4. The van der Waals surface area contributed by atoms with Crippen LogP contribution in [0.4, 0.5) is 0 Å². The Morgan fingerprint density at radius 2 is 1.20 bits per heavy atom. The van der Waals surface area contributed by atoms with Crippen molar-refractivity contribution < 1.29 is 78.8 Å². The largest absolute Gasteiger partial charge is 0.502 e. The zero-order valence-electron chi connectivity index (χ0n) is 24.4. The minimum Gasteiger partial charge on any atom is -0.502 e. The topological polar surface area (TPSA) is 268 Å². The standard InChI is InChI=1S/C29H34O17/c1-40-16-3-10(4-17(41-2)21(16)33)13-7-12(32)20-14(43-13)5-11(42-28-26(38)24(36)22(34)18(8-30)45-28)6-15(20)44-29-27(39)25(37)23(35)19(9-31)46-29/h3-7,18-19,22-31,33-39H,8-9H2,1-2H3/t18-,19-,22-,23-,24+,25+,26-,27-,28-,29-/m1/s1. The molecule has 9 N–H and O–H groups in total. The number of aliphatic hydroxyl groups is 8. The molecule has 17 heteroatoms. The van der Waals surface area contributed by atoms with E-state index in [4.69, 9.17) is 32.8 Å². The fourth-order valence-corrected chi connectivity index (χ4v) is 5.16. The molecule has 3 aromatic rings. The highest BCUT2D eigenvalue weighted by atomic mass is 16.7. The van der Waals surface area contributed by atoms with Gasteiger partial charge in [0, 0.05) is 23.8 Å². The van der Waals surface area contributed by atoms with Crippen molar-refractivity contribution >= 4 is 11.0 Å². The fourth-order valence-electron chi connectivity index (χ4n) is 5.16. The van der Waals surface area contributed by atoms with Crippen LogP contribution in [0.2, 0.25) is 0 Å². The molecule has 0 amide bonds. The van der Waals surface area contributed by atoms with Gasteiger partial charge in [0.1, 0.15) is 77.1 Å². The van der Waals surface area contributed by atoms with Crippen molar-refractivity contribution in [3.05, 3.63) is 40.6 Å². The van der Waals surface area contributed by atoms with Crippen molar-refractivity contribution in [1.29, 1.82) is 0 Å². The van der Waals surface area contributed by atoms with Crippen molar-refractivity contribution in [1.82, 2.24) is 0 Å². The Morgan fingerprint density at radius 1 is 0.674 bits per heavy atom. The molecule has 2 aromatic carbocycles. The SMILES string of the molecule is COc1cc(-c2cc(=O)c3c(O[C@@H]4O[C@H](CO)[C@@H](O)[C@H](O)[C@H]4O)cc(O[C@@H]4O[C@H](CO)[C@@H](O)[C@H](O)[C@H]4O)cc3o2)cc(OC)c1O. The van der Waals surface area contributed by atoms with Gasteiger partial charge in [-0.15, -0.1) is 0 Å². The summed E-state index contributed by atoms with van der Waals surface area (Å²) in [4.78, 5) is 13.6. The van der Waals surface area contributed by atoms with Crippen LogP contribution in [0.15, 0.2) is 39.5 Å². The Kier molecular flexibility index (Phi) is 9.89. The quantitative estimate of drug-likeness (QED) is 0.116. The van der Waals surface area contributed by atoms with Crippen LogP contribution in [0.25, 0.3) is 22.3 Å². The van der Waals surface area contributed by atoms with Gasteiger partial charge in [0.25, 0.3) is 0 Å². The summed E-state index contributed by atoms with van der Waals surface area (Å²) in [5, 5.41) is 91.1. The number of aliphatic hydroxyl groups excluding tert-OH is 8. The van der Waals surface area contributed by atoms with Crippen LogP contribution in [0, 0.1) is 0 Å². The lowest BCUT2D eigenvalue weighted by Gasteiger charge is -2.40. The van der Waals surface area contributed by atoms with E-state index in [1.807, 2.05) is 0 Å². The first-order valence-electron chi connectivity index (χ1n) is 13.9. The average molecular weight is 655 g/mol. The molecule has 2 aliphatic rings. The van der Waals surface area contributed by atoms with E-state index in [1.54, 1.807) is 0 Å². The zero-order valence-corrected chi connectivity index (χ0v) is 24.4. The molecule has 0 bridgehead atoms. The van der Waals surface area contributed by atoms with Gasteiger partial charge in [-0.3, -0.25) is 4.79 Å². The lowest BCUT2D eigenvalue weighted by Crippen LogP contribution is -2.60. The number of rotatable bonds is 9. The highest BCUT2D eigenvalue weighted by molar-refractivity contribution is 5.86.